The molecular weight excluding hydrogens is 574 g/mol. The van der Waals surface area contributed by atoms with E-state index in [1.165, 1.54) is 13.1 Å². The summed E-state index contributed by atoms with van der Waals surface area (Å²) in [6.45, 7) is 3.77. The van der Waals surface area contributed by atoms with Crippen molar-refractivity contribution in [1.29, 1.82) is 0 Å². The monoisotopic (exact) mass is 598 g/mol. The fourth-order valence-electron chi connectivity index (χ4n) is 4.34. The summed E-state index contributed by atoms with van der Waals surface area (Å²) in [5, 5.41) is 10.5. The van der Waals surface area contributed by atoms with Crippen molar-refractivity contribution in [2.24, 2.45) is 0 Å². The van der Waals surface area contributed by atoms with Gasteiger partial charge in [0.15, 0.2) is 11.6 Å². The molecule has 16 heteroatoms. The van der Waals surface area contributed by atoms with Gasteiger partial charge in [-0.05, 0) is 30.7 Å². The van der Waals surface area contributed by atoms with Gasteiger partial charge in [-0.15, -0.1) is 0 Å². The Bertz CT molecular complexity index is 1460. The van der Waals surface area contributed by atoms with Crippen LogP contribution >= 0.6 is 0 Å². The van der Waals surface area contributed by atoms with Gasteiger partial charge >= 0.3 is 18.3 Å². The Morgan fingerprint density at radius 3 is 2.19 bits per heavy atom. The molecule has 0 radical (unpaired) electrons. The summed E-state index contributed by atoms with van der Waals surface area (Å²) in [7, 11) is 0. The lowest BCUT2D eigenvalue weighted by Crippen LogP contribution is -2.55. The molecular formula is C26H24F6N6O4. The van der Waals surface area contributed by atoms with E-state index in [2.05, 4.69) is 19.7 Å². The van der Waals surface area contributed by atoms with Crippen molar-refractivity contribution >= 4 is 29.2 Å². The van der Waals surface area contributed by atoms with Gasteiger partial charge in [-0.3, -0.25) is 4.79 Å². The third-order valence-electron chi connectivity index (χ3n) is 6.62. The number of nitrogens with one attached hydrogen (secondary N) is 1. The minimum absolute atomic E-state index is 0.0203. The molecule has 1 aliphatic heterocycles. The van der Waals surface area contributed by atoms with E-state index < -0.39 is 35.4 Å². The third kappa shape index (κ3) is 6.02. The van der Waals surface area contributed by atoms with Crippen molar-refractivity contribution in [3.8, 4) is 11.3 Å². The quantitative estimate of drug-likeness (QED) is 0.299. The normalized spacial score (nSPS) is 15.6. The zero-order chi connectivity index (χ0) is 30.9. The molecule has 10 nitrogen and oxygen atoms in total. The van der Waals surface area contributed by atoms with Gasteiger partial charge in [-0.1, -0.05) is 30.3 Å². The average molecular weight is 599 g/mol. The van der Waals surface area contributed by atoms with Crippen LogP contribution in [0, 0.1) is 6.92 Å². The van der Waals surface area contributed by atoms with E-state index in [4.69, 9.17) is 5.73 Å². The summed E-state index contributed by atoms with van der Waals surface area (Å²) >= 11 is 0. The first kappa shape index (κ1) is 30.4. The minimum Gasteiger partial charge on any atom is -0.381 e. The molecule has 0 bridgehead atoms. The van der Waals surface area contributed by atoms with Gasteiger partial charge in [0.05, 0.1) is 11.9 Å². The maximum atomic E-state index is 14.0. The number of amides is 1. The highest BCUT2D eigenvalue weighted by molar-refractivity contribution is 5.88. The van der Waals surface area contributed by atoms with Crippen LogP contribution in [0.3, 0.4) is 0 Å². The van der Waals surface area contributed by atoms with E-state index in [1.807, 2.05) is 35.2 Å². The molecule has 224 valence electrons. The highest BCUT2D eigenvalue weighted by Gasteiger charge is 2.61. The Hall–Kier alpha value is -4.60. The summed E-state index contributed by atoms with van der Waals surface area (Å²) in [5.74, 6) is -5.12. The summed E-state index contributed by atoms with van der Waals surface area (Å²) < 4.78 is 79.2. The predicted molar refractivity (Wildman–Crippen MR) is 138 cm³/mol. The number of nitrogens with zero attached hydrogens (tertiary/aromatic N) is 4. The molecule has 0 saturated carbocycles. The summed E-state index contributed by atoms with van der Waals surface area (Å²) in [6, 6.07) is 12.4. The largest absolute Gasteiger partial charge is 0.493 e. The van der Waals surface area contributed by atoms with E-state index in [1.54, 1.807) is 0 Å². The van der Waals surface area contributed by atoms with Gasteiger partial charge in [0.1, 0.15) is 0 Å². The highest BCUT2D eigenvalue weighted by atomic mass is 19.4. The average Bonchev–Trinajstić information content (AvgIpc) is 2.95. The number of nitrogens with two attached hydrogens (primary N) is 1. The molecule has 0 aliphatic carbocycles. The van der Waals surface area contributed by atoms with Crippen LogP contribution in [-0.2, 0) is 20.0 Å². The lowest BCUT2D eigenvalue weighted by atomic mass is 9.89. The van der Waals surface area contributed by atoms with Gasteiger partial charge in [0, 0.05) is 43.0 Å². The summed E-state index contributed by atoms with van der Waals surface area (Å²) in [5.41, 5.74) is 2.82. The number of aryl methyl sites for hydroxylation is 1. The van der Waals surface area contributed by atoms with E-state index >= 15 is 0 Å². The molecule has 1 unspecified atom stereocenters. The number of nitrogen functional groups attached to an aromatic ring is 1. The minimum atomic E-state index is -5.75. The second-order valence-electron chi connectivity index (χ2n) is 9.33. The maximum Gasteiger partial charge on any atom is 0.493 e. The number of hydroxylamine groups is 1. The fraction of sp³-hybridized carbons (Fsp3) is 0.308. The molecule has 0 spiro atoms. The molecule has 2 heterocycles. The van der Waals surface area contributed by atoms with Crippen molar-refractivity contribution in [1.82, 2.24) is 15.4 Å². The number of hydrogen-bond acceptors (Lipinski definition) is 9. The number of halogens is 6. The molecule has 1 saturated heterocycles. The standard InChI is InChI=1S/C26H24F6N6O4/c1-15-7-8-16(24(41,26(30,31)32)22(39)36-42-23(40)25(27,28)29)13-18(15)19-14-34-20(33)21(35-19)38-11-9-37(10-12-38)17-5-3-2-4-6-17/h2-8,13-14,41H,9-12H2,1H3,(H2,33,34)(H,36,39). The van der Waals surface area contributed by atoms with Crippen molar-refractivity contribution in [3.63, 3.8) is 0 Å². The maximum absolute atomic E-state index is 14.0. The van der Waals surface area contributed by atoms with Crippen molar-refractivity contribution in [2.75, 3.05) is 41.7 Å². The predicted octanol–water partition coefficient (Wildman–Crippen LogP) is 3.25. The Morgan fingerprint density at radius 2 is 1.60 bits per heavy atom. The van der Waals surface area contributed by atoms with E-state index in [9.17, 15) is 41.0 Å². The first-order chi connectivity index (χ1) is 19.6. The molecule has 1 aromatic heterocycles. The zero-order valence-electron chi connectivity index (χ0n) is 21.8. The molecule has 1 atom stereocenters. The van der Waals surface area contributed by atoms with Crippen LogP contribution in [0.5, 0.6) is 0 Å². The number of piperazine rings is 1. The Labute approximate surface area is 234 Å². The Balaban J connectivity index is 1.63. The van der Waals surface area contributed by atoms with Gasteiger partial charge in [0.25, 0.3) is 11.5 Å². The number of rotatable bonds is 5. The number of carbonyl (C=O) groups is 2. The van der Waals surface area contributed by atoms with Gasteiger partial charge < -0.3 is 25.5 Å². The highest BCUT2D eigenvalue weighted by Crippen LogP contribution is 2.41. The number of hydrogen-bond donors (Lipinski definition) is 3. The second-order valence-corrected chi connectivity index (χ2v) is 9.33. The SMILES string of the molecule is Cc1ccc(C(O)(C(=O)NOC(=O)C(F)(F)F)C(F)(F)F)cc1-c1cnc(N)c(N2CCN(c3ccccc3)CC2)n1. The van der Waals surface area contributed by atoms with Crippen LogP contribution in [0.15, 0.2) is 54.7 Å². The van der Waals surface area contributed by atoms with Crippen LogP contribution in [0.25, 0.3) is 11.3 Å². The summed E-state index contributed by atoms with van der Waals surface area (Å²) in [4.78, 5) is 39.3. The second kappa shape index (κ2) is 11.3. The lowest BCUT2D eigenvalue weighted by Gasteiger charge is -2.37. The van der Waals surface area contributed by atoms with Crippen molar-refractivity contribution in [3.05, 3.63) is 65.9 Å². The first-order valence-electron chi connectivity index (χ1n) is 12.3. The van der Waals surface area contributed by atoms with Crippen LogP contribution in [0.4, 0.5) is 43.7 Å². The van der Waals surface area contributed by atoms with Crippen molar-refractivity contribution < 1.29 is 45.9 Å². The lowest BCUT2D eigenvalue weighted by molar-refractivity contribution is -0.262. The number of alkyl halides is 6. The third-order valence-corrected chi connectivity index (χ3v) is 6.62. The van der Waals surface area contributed by atoms with Gasteiger partial charge in [-0.25, -0.2) is 14.8 Å². The van der Waals surface area contributed by atoms with E-state index in [0.29, 0.717) is 31.7 Å². The molecule has 1 aliphatic rings. The smallest absolute Gasteiger partial charge is 0.381 e. The van der Waals surface area contributed by atoms with E-state index in [0.717, 1.165) is 29.4 Å². The molecule has 1 fully saturated rings. The molecule has 1 amide bonds. The number of aromatic nitrogens is 2. The van der Waals surface area contributed by atoms with Crippen LogP contribution in [-0.4, -0.2) is 65.5 Å². The number of benzene rings is 2. The molecule has 4 N–H and O–H groups in total. The number of para-hydroxylation sites is 1. The number of anilines is 3. The molecule has 2 aromatic carbocycles. The molecule has 4 rings (SSSR count). The van der Waals surface area contributed by atoms with Crippen molar-refractivity contribution in [2.45, 2.75) is 24.9 Å². The molecule has 3 aromatic rings. The van der Waals surface area contributed by atoms with Crippen LogP contribution in [0.1, 0.15) is 11.1 Å². The number of aliphatic hydroxyl groups is 1. The van der Waals surface area contributed by atoms with Gasteiger partial charge in [-0.2, -0.15) is 31.8 Å². The van der Waals surface area contributed by atoms with E-state index in [-0.39, 0.29) is 22.9 Å². The Morgan fingerprint density at radius 1 is 0.976 bits per heavy atom. The zero-order valence-corrected chi connectivity index (χ0v) is 21.8. The fourth-order valence-corrected chi connectivity index (χ4v) is 4.34. The number of carbonyl (C=O) groups excluding carboxylic acids is 2. The Kier molecular flexibility index (Phi) is 8.20. The first-order valence-corrected chi connectivity index (χ1v) is 12.3. The van der Waals surface area contributed by atoms with Crippen LogP contribution < -0.4 is 21.0 Å². The summed E-state index contributed by atoms with van der Waals surface area (Å²) in [6.07, 6.45) is -10.2. The molecule has 42 heavy (non-hydrogen) atoms. The van der Waals surface area contributed by atoms with Gasteiger partial charge in [0.2, 0.25) is 0 Å². The topological polar surface area (TPSA) is 134 Å². The van der Waals surface area contributed by atoms with Crippen LogP contribution in [0.2, 0.25) is 0 Å².